The minimum Gasteiger partial charge on any atom is -0.307 e. The molecule has 4 aliphatic rings. The molecule has 0 saturated heterocycles. The summed E-state index contributed by atoms with van der Waals surface area (Å²) in [4.78, 5) is 5.27. The van der Waals surface area contributed by atoms with Gasteiger partial charge in [0.25, 0.3) is 0 Å². The van der Waals surface area contributed by atoms with Crippen LogP contribution in [-0.2, 0) is 5.41 Å². The molecule has 3 heteroatoms. The lowest BCUT2D eigenvalue weighted by Gasteiger charge is -2.52. The molecule has 0 spiro atoms. The molecule has 26 heavy (non-hydrogen) atoms. The first-order chi connectivity index (χ1) is 12.4. The van der Waals surface area contributed by atoms with Gasteiger partial charge in [-0.1, -0.05) is 42.5 Å². The molecule has 0 amide bonds. The van der Waals surface area contributed by atoms with Crippen LogP contribution in [0.2, 0.25) is 0 Å². The summed E-state index contributed by atoms with van der Waals surface area (Å²) in [6.07, 6.45) is 11.4. The molecule has 1 N–H and O–H groups in total. The fourth-order valence-corrected chi connectivity index (χ4v) is 4.60. The van der Waals surface area contributed by atoms with Crippen molar-refractivity contribution >= 4 is 17.0 Å². The van der Waals surface area contributed by atoms with Gasteiger partial charge in [-0.05, 0) is 57.2 Å². The van der Waals surface area contributed by atoms with Gasteiger partial charge in [0, 0.05) is 22.6 Å². The predicted octanol–water partition coefficient (Wildman–Crippen LogP) is 4.55. The second kappa shape index (κ2) is 5.06. The summed E-state index contributed by atoms with van der Waals surface area (Å²) in [5.41, 5.74) is 11.7. The van der Waals surface area contributed by atoms with Crippen LogP contribution in [-0.4, -0.2) is 23.0 Å². The second-order valence-electron chi connectivity index (χ2n) is 8.43. The zero-order chi connectivity index (χ0) is 18.1. The van der Waals surface area contributed by atoms with Crippen LogP contribution < -0.4 is 5.43 Å². The van der Waals surface area contributed by atoms with Crippen LogP contribution in [0.15, 0.2) is 58.2 Å². The first-order valence-electron chi connectivity index (χ1n) is 9.64. The molecule has 2 unspecified atom stereocenters. The van der Waals surface area contributed by atoms with Gasteiger partial charge in [0.05, 0.1) is 11.3 Å². The Bertz CT molecular complexity index is 973. The monoisotopic (exact) mass is 343 g/mol. The number of fused-ring (bicyclic) bond motifs is 4. The maximum Gasteiger partial charge on any atom is 0.116 e. The molecule has 0 aromatic heterocycles. The van der Waals surface area contributed by atoms with E-state index in [0.29, 0.717) is 6.04 Å². The number of aliphatic imine (C=N–C) groups is 1. The molecule has 1 aromatic carbocycles. The Morgan fingerprint density at radius 3 is 2.54 bits per heavy atom. The van der Waals surface area contributed by atoms with Gasteiger partial charge >= 0.3 is 0 Å². The van der Waals surface area contributed by atoms with Crippen molar-refractivity contribution in [1.82, 2.24) is 5.43 Å². The van der Waals surface area contributed by atoms with Crippen molar-refractivity contribution in [2.24, 2.45) is 10.1 Å². The molecular formula is C23H25N3. The molecule has 2 atom stereocenters. The van der Waals surface area contributed by atoms with Crippen LogP contribution in [0.25, 0.3) is 5.57 Å². The van der Waals surface area contributed by atoms with Gasteiger partial charge < -0.3 is 5.43 Å². The van der Waals surface area contributed by atoms with E-state index in [1.807, 2.05) is 0 Å². The summed E-state index contributed by atoms with van der Waals surface area (Å²) in [6, 6.07) is 7.03. The fraction of sp³-hybridized carbons (Fsp3) is 0.391. The van der Waals surface area contributed by atoms with Crippen molar-refractivity contribution < 1.29 is 0 Å². The normalized spacial score (nSPS) is 32.0. The number of nitrogens with one attached hydrogen (secondary N) is 1. The lowest BCUT2D eigenvalue weighted by molar-refractivity contribution is 0.338. The van der Waals surface area contributed by atoms with Crippen molar-refractivity contribution in [1.29, 1.82) is 0 Å². The van der Waals surface area contributed by atoms with Crippen molar-refractivity contribution in [3.63, 3.8) is 0 Å². The highest BCUT2D eigenvalue weighted by atomic mass is 15.3. The highest BCUT2D eigenvalue weighted by Crippen LogP contribution is 2.54. The minimum atomic E-state index is -0.191. The lowest BCUT2D eigenvalue weighted by Crippen LogP contribution is -2.55. The van der Waals surface area contributed by atoms with Gasteiger partial charge in [0.15, 0.2) is 0 Å². The summed E-state index contributed by atoms with van der Waals surface area (Å²) in [5.74, 6) is 0. The summed E-state index contributed by atoms with van der Waals surface area (Å²) >= 11 is 0. The topological polar surface area (TPSA) is 36.8 Å². The average Bonchev–Trinajstić information content (AvgIpc) is 2.64. The third-order valence-corrected chi connectivity index (χ3v) is 6.36. The highest BCUT2D eigenvalue weighted by molar-refractivity contribution is 6.59. The van der Waals surface area contributed by atoms with Gasteiger partial charge in [-0.3, -0.25) is 4.99 Å². The summed E-state index contributed by atoms with van der Waals surface area (Å²) in [6.45, 7) is 8.79. The third kappa shape index (κ3) is 1.83. The molecule has 1 aromatic rings. The van der Waals surface area contributed by atoms with Crippen LogP contribution in [0.3, 0.4) is 0 Å². The number of allylic oxidation sites excluding steroid dienone is 4. The summed E-state index contributed by atoms with van der Waals surface area (Å²) in [7, 11) is 0. The Hall–Kier alpha value is -2.42. The number of hydrogen-bond donors (Lipinski definition) is 1. The van der Waals surface area contributed by atoms with Crippen LogP contribution in [0.4, 0.5) is 0 Å². The van der Waals surface area contributed by atoms with E-state index in [1.165, 1.54) is 27.8 Å². The second-order valence-corrected chi connectivity index (χ2v) is 8.43. The zero-order valence-electron chi connectivity index (χ0n) is 15.9. The predicted molar refractivity (Wildman–Crippen MR) is 109 cm³/mol. The van der Waals surface area contributed by atoms with Gasteiger partial charge in [-0.2, -0.15) is 5.10 Å². The number of hydrazone groups is 1. The molecule has 5 rings (SSSR count). The molecule has 3 nitrogen and oxygen atoms in total. The number of rotatable bonds is 2. The maximum atomic E-state index is 5.27. The van der Waals surface area contributed by atoms with Crippen LogP contribution >= 0.6 is 0 Å². The summed E-state index contributed by atoms with van der Waals surface area (Å²) < 4.78 is 0. The SMILES string of the molecule is CC(C)N/N=C1/C2=CCCC=C2c2cccc3c2C1=NC1(C)C=CC31C. The molecule has 3 aliphatic carbocycles. The Morgan fingerprint density at radius 2 is 1.85 bits per heavy atom. The van der Waals surface area contributed by atoms with E-state index in [-0.39, 0.29) is 11.0 Å². The fourth-order valence-electron chi connectivity index (χ4n) is 4.60. The average molecular weight is 343 g/mol. The molecule has 0 radical (unpaired) electrons. The Balaban J connectivity index is 1.84. The number of hydrogen-bond acceptors (Lipinski definition) is 3. The zero-order valence-corrected chi connectivity index (χ0v) is 15.9. The van der Waals surface area contributed by atoms with Crippen molar-refractivity contribution in [2.75, 3.05) is 0 Å². The number of benzene rings is 1. The Labute approximate surface area is 155 Å². The molecule has 1 aliphatic heterocycles. The van der Waals surface area contributed by atoms with E-state index in [0.717, 1.165) is 24.3 Å². The molecule has 1 heterocycles. The molecular weight excluding hydrogens is 318 g/mol. The van der Waals surface area contributed by atoms with Crippen molar-refractivity contribution in [3.8, 4) is 0 Å². The largest absolute Gasteiger partial charge is 0.307 e. The van der Waals surface area contributed by atoms with Gasteiger partial charge in [-0.15, -0.1) is 0 Å². The molecule has 132 valence electrons. The first kappa shape index (κ1) is 15.8. The van der Waals surface area contributed by atoms with E-state index in [2.05, 4.69) is 75.6 Å². The third-order valence-electron chi connectivity index (χ3n) is 6.36. The van der Waals surface area contributed by atoms with Crippen molar-refractivity contribution in [2.45, 2.75) is 57.5 Å². The highest BCUT2D eigenvalue weighted by Gasteiger charge is 2.54. The van der Waals surface area contributed by atoms with Crippen LogP contribution in [0.5, 0.6) is 0 Å². The van der Waals surface area contributed by atoms with Crippen LogP contribution in [0.1, 0.15) is 57.2 Å². The van der Waals surface area contributed by atoms with E-state index in [9.17, 15) is 0 Å². The minimum absolute atomic E-state index is 0.0329. The van der Waals surface area contributed by atoms with E-state index in [4.69, 9.17) is 10.1 Å². The van der Waals surface area contributed by atoms with Crippen molar-refractivity contribution in [3.05, 3.63) is 64.8 Å². The number of nitrogens with zero attached hydrogens (tertiary/aromatic N) is 2. The van der Waals surface area contributed by atoms with Gasteiger partial charge in [-0.25, -0.2) is 0 Å². The first-order valence-corrected chi connectivity index (χ1v) is 9.64. The van der Waals surface area contributed by atoms with Gasteiger partial charge in [0.1, 0.15) is 5.71 Å². The van der Waals surface area contributed by atoms with E-state index >= 15 is 0 Å². The Morgan fingerprint density at radius 1 is 1.08 bits per heavy atom. The summed E-state index contributed by atoms with van der Waals surface area (Å²) in [5, 5.41) is 4.83. The smallest absolute Gasteiger partial charge is 0.116 e. The molecule has 0 saturated carbocycles. The van der Waals surface area contributed by atoms with Gasteiger partial charge in [0.2, 0.25) is 0 Å². The lowest BCUT2D eigenvalue weighted by atomic mass is 9.55. The standard InChI is InChI=1S/C23H25N3/c1-14(2)25-26-20-17-9-6-5-8-15(17)16-10-7-11-18-19(16)21(20)24-23(4)13-12-22(18,23)3/h7-14,25H,5-6H2,1-4H3/b26-20-. The molecule has 0 bridgehead atoms. The quantitative estimate of drug-likeness (QED) is 0.621. The van der Waals surface area contributed by atoms with E-state index in [1.54, 1.807) is 0 Å². The molecule has 0 fully saturated rings. The Kier molecular flexibility index (Phi) is 3.08. The maximum absolute atomic E-state index is 5.27. The van der Waals surface area contributed by atoms with E-state index < -0.39 is 0 Å². The van der Waals surface area contributed by atoms with Crippen LogP contribution in [0, 0.1) is 0 Å².